The normalized spacial score (nSPS) is 11.3. The van der Waals surface area contributed by atoms with E-state index in [0.717, 1.165) is 28.2 Å². The van der Waals surface area contributed by atoms with Gasteiger partial charge in [0.15, 0.2) is 5.82 Å². The number of benzene rings is 2. The van der Waals surface area contributed by atoms with Gasteiger partial charge in [0.05, 0.1) is 17.2 Å². The van der Waals surface area contributed by atoms with Gasteiger partial charge < -0.3 is 5.32 Å². The average molecular weight is 482 g/mol. The lowest BCUT2D eigenvalue weighted by atomic mass is 10.1. The number of hydrogen-bond donors (Lipinski definition) is 1. The Kier molecular flexibility index (Phi) is 5.06. The SMILES string of the molecule is Cn1cc(-c2ccc3c(c2)ncn3-c2cc(-c3ccc(F)cc3F)cc(Nc3ccn(C)n3)n2)cn1. The molecule has 2 aromatic carbocycles. The molecule has 0 atom stereocenters. The van der Waals surface area contributed by atoms with Crippen LogP contribution in [-0.2, 0) is 14.1 Å². The van der Waals surface area contributed by atoms with Crippen LogP contribution in [0, 0.1) is 11.6 Å². The van der Waals surface area contributed by atoms with Gasteiger partial charge in [-0.05, 0) is 47.5 Å². The van der Waals surface area contributed by atoms with Crippen LogP contribution < -0.4 is 5.32 Å². The highest BCUT2D eigenvalue weighted by Gasteiger charge is 2.14. The number of anilines is 2. The fourth-order valence-corrected chi connectivity index (χ4v) is 4.14. The predicted octanol–water partition coefficient (Wildman–Crippen LogP) is 5.24. The van der Waals surface area contributed by atoms with E-state index in [-0.39, 0.29) is 5.56 Å². The predicted molar refractivity (Wildman–Crippen MR) is 133 cm³/mol. The van der Waals surface area contributed by atoms with Crippen LogP contribution in [0.1, 0.15) is 0 Å². The van der Waals surface area contributed by atoms with Gasteiger partial charge in [0.1, 0.15) is 29.6 Å². The highest BCUT2D eigenvalue weighted by molar-refractivity contribution is 5.83. The van der Waals surface area contributed by atoms with E-state index in [2.05, 4.69) is 20.5 Å². The van der Waals surface area contributed by atoms with Gasteiger partial charge in [-0.1, -0.05) is 6.07 Å². The fourth-order valence-electron chi connectivity index (χ4n) is 4.14. The number of nitrogens with zero attached hydrogens (tertiary/aromatic N) is 7. The second-order valence-corrected chi connectivity index (χ2v) is 8.44. The van der Waals surface area contributed by atoms with Crippen LogP contribution >= 0.6 is 0 Å². The molecule has 0 spiro atoms. The summed E-state index contributed by atoms with van der Waals surface area (Å²) in [4.78, 5) is 9.31. The van der Waals surface area contributed by atoms with E-state index in [0.29, 0.717) is 23.0 Å². The first-order valence-electron chi connectivity index (χ1n) is 11.1. The van der Waals surface area contributed by atoms with E-state index in [4.69, 9.17) is 4.98 Å². The van der Waals surface area contributed by atoms with Crippen molar-refractivity contribution in [2.75, 3.05) is 5.32 Å². The van der Waals surface area contributed by atoms with Crippen molar-refractivity contribution in [3.8, 4) is 28.1 Å². The van der Waals surface area contributed by atoms with Gasteiger partial charge in [-0.3, -0.25) is 13.9 Å². The third-order valence-corrected chi connectivity index (χ3v) is 5.86. The molecule has 10 heteroatoms. The maximum Gasteiger partial charge on any atom is 0.153 e. The maximum atomic E-state index is 14.7. The van der Waals surface area contributed by atoms with Crippen LogP contribution in [0.25, 0.3) is 39.1 Å². The Morgan fingerprint density at radius 2 is 1.72 bits per heavy atom. The summed E-state index contributed by atoms with van der Waals surface area (Å²) in [5, 5.41) is 11.7. The van der Waals surface area contributed by atoms with E-state index in [9.17, 15) is 8.78 Å². The van der Waals surface area contributed by atoms with Gasteiger partial charge >= 0.3 is 0 Å². The molecule has 178 valence electrons. The van der Waals surface area contributed by atoms with Crippen molar-refractivity contribution in [3.63, 3.8) is 0 Å². The minimum atomic E-state index is -0.660. The highest BCUT2D eigenvalue weighted by Crippen LogP contribution is 2.30. The summed E-state index contributed by atoms with van der Waals surface area (Å²) in [7, 11) is 3.68. The number of fused-ring (bicyclic) bond motifs is 1. The first-order valence-corrected chi connectivity index (χ1v) is 11.1. The number of nitrogens with one attached hydrogen (secondary N) is 1. The van der Waals surface area contributed by atoms with Crippen molar-refractivity contribution in [2.45, 2.75) is 0 Å². The van der Waals surface area contributed by atoms with Gasteiger partial charge in [-0.15, -0.1) is 0 Å². The van der Waals surface area contributed by atoms with Crippen LogP contribution in [0.2, 0.25) is 0 Å². The molecule has 1 N–H and O–H groups in total. The number of halogens is 2. The van der Waals surface area contributed by atoms with Gasteiger partial charge in [-0.25, -0.2) is 18.7 Å². The molecule has 8 nitrogen and oxygen atoms in total. The van der Waals surface area contributed by atoms with Crippen molar-refractivity contribution in [2.24, 2.45) is 14.1 Å². The molecule has 4 aromatic heterocycles. The number of rotatable bonds is 5. The minimum Gasteiger partial charge on any atom is -0.323 e. The number of imidazole rings is 1. The lowest BCUT2D eigenvalue weighted by Crippen LogP contribution is -2.02. The summed E-state index contributed by atoms with van der Waals surface area (Å²) >= 11 is 0. The molecule has 0 aliphatic carbocycles. The Labute approximate surface area is 204 Å². The van der Waals surface area contributed by atoms with Crippen molar-refractivity contribution < 1.29 is 8.78 Å². The summed E-state index contributed by atoms with van der Waals surface area (Å²) in [5.41, 5.74) is 4.37. The molecule has 6 aromatic rings. The van der Waals surface area contributed by atoms with E-state index in [1.165, 1.54) is 12.1 Å². The van der Waals surface area contributed by atoms with Gasteiger partial charge in [0.25, 0.3) is 0 Å². The molecule has 36 heavy (non-hydrogen) atoms. The molecule has 0 saturated carbocycles. The quantitative estimate of drug-likeness (QED) is 0.364. The molecule has 6 rings (SSSR count). The number of aromatic nitrogens is 7. The first-order chi connectivity index (χ1) is 17.4. The van der Waals surface area contributed by atoms with Crippen LogP contribution in [0.15, 0.2) is 79.5 Å². The molecule has 0 amide bonds. The maximum absolute atomic E-state index is 14.7. The molecular formula is C26H20F2N8. The molecule has 0 radical (unpaired) electrons. The molecule has 0 aliphatic rings. The summed E-state index contributed by atoms with van der Waals surface area (Å²) in [6, 6.07) is 14.7. The third-order valence-electron chi connectivity index (χ3n) is 5.86. The van der Waals surface area contributed by atoms with E-state index < -0.39 is 11.6 Å². The molecule has 4 heterocycles. The summed E-state index contributed by atoms with van der Waals surface area (Å²) < 4.78 is 33.5. The zero-order valence-corrected chi connectivity index (χ0v) is 19.4. The van der Waals surface area contributed by atoms with Gasteiger partial charge in [0, 0.05) is 49.7 Å². The van der Waals surface area contributed by atoms with E-state index in [1.54, 1.807) is 46.3 Å². The van der Waals surface area contributed by atoms with Crippen LogP contribution in [0.4, 0.5) is 20.4 Å². The smallest absolute Gasteiger partial charge is 0.153 e. The lowest BCUT2D eigenvalue weighted by molar-refractivity contribution is 0.585. The number of pyridine rings is 1. The minimum absolute atomic E-state index is 0.257. The Morgan fingerprint density at radius 1 is 0.833 bits per heavy atom. The molecule has 0 bridgehead atoms. The largest absolute Gasteiger partial charge is 0.323 e. The third kappa shape index (κ3) is 3.98. The van der Waals surface area contributed by atoms with E-state index >= 15 is 0 Å². The molecular weight excluding hydrogens is 462 g/mol. The molecule has 0 saturated heterocycles. The van der Waals surface area contributed by atoms with Crippen LogP contribution in [0.3, 0.4) is 0 Å². The van der Waals surface area contributed by atoms with Crippen molar-refractivity contribution >= 4 is 22.7 Å². The standard InChI is InChI=1S/C26H20F2N8/c1-34-8-7-24(33-34)31-25-10-17(20-5-4-19(27)12-21(20)28)11-26(32-25)36-15-29-22-9-16(3-6-23(22)36)18-13-30-35(2)14-18/h3-15H,1-2H3,(H,31,32,33). The zero-order valence-electron chi connectivity index (χ0n) is 19.4. The topological polar surface area (TPSA) is 78.4 Å². The highest BCUT2D eigenvalue weighted by atomic mass is 19.1. The Bertz CT molecular complexity index is 1730. The Hall–Kier alpha value is -4.86. The average Bonchev–Trinajstić information content (AvgIpc) is 3.58. The number of aryl methyl sites for hydroxylation is 2. The number of hydrogen-bond acceptors (Lipinski definition) is 5. The van der Waals surface area contributed by atoms with Crippen molar-refractivity contribution in [1.82, 2.24) is 34.1 Å². The summed E-state index contributed by atoms with van der Waals surface area (Å²) in [6.07, 6.45) is 7.22. The van der Waals surface area contributed by atoms with E-state index in [1.807, 2.05) is 43.1 Å². The molecule has 0 unspecified atom stereocenters. The van der Waals surface area contributed by atoms with Gasteiger partial charge in [-0.2, -0.15) is 10.2 Å². The molecule has 0 aliphatic heterocycles. The van der Waals surface area contributed by atoms with Crippen molar-refractivity contribution in [1.29, 1.82) is 0 Å². The summed E-state index contributed by atoms with van der Waals surface area (Å²) in [5.74, 6) is 0.268. The van der Waals surface area contributed by atoms with Crippen LogP contribution in [0.5, 0.6) is 0 Å². The molecule has 0 fully saturated rings. The first kappa shape index (κ1) is 21.7. The fraction of sp³-hybridized carbons (Fsp3) is 0.0769. The zero-order chi connectivity index (χ0) is 24.8. The Balaban J connectivity index is 1.47. The second-order valence-electron chi connectivity index (χ2n) is 8.44. The van der Waals surface area contributed by atoms with Gasteiger partial charge in [0.2, 0.25) is 0 Å². The Morgan fingerprint density at radius 3 is 2.47 bits per heavy atom. The second kappa shape index (κ2) is 8.42. The summed E-state index contributed by atoms with van der Waals surface area (Å²) in [6.45, 7) is 0. The van der Waals surface area contributed by atoms with Crippen molar-refractivity contribution in [3.05, 3.63) is 91.1 Å². The lowest BCUT2D eigenvalue weighted by Gasteiger charge is -2.12. The monoisotopic (exact) mass is 482 g/mol. The van der Waals surface area contributed by atoms with Crippen LogP contribution in [-0.4, -0.2) is 34.1 Å².